The van der Waals surface area contributed by atoms with Crippen LogP contribution in [0.15, 0.2) is 60.0 Å². The Labute approximate surface area is 208 Å². The largest absolute Gasteiger partial charge is 0.355 e. The van der Waals surface area contributed by atoms with E-state index >= 15 is 0 Å². The van der Waals surface area contributed by atoms with Gasteiger partial charge in [0.05, 0.1) is 12.1 Å². The number of hydrogen-bond acceptors (Lipinski definition) is 5. The molecule has 0 aliphatic rings. The van der Waals surface area contributed by atoms with Crippen LogP contribution in [0, 0.1) is 11.7 Å². The lowest BCUT2D eigenvalue weighted by atomic mass is 10.1. The topological polar surface area (TPSA) is 91.4 Å². The number of carbonyl (C=O) groups is 3. The fourth-order valence-electron chi connectivity index (χ4n) is 3.43. The first-order chi connectivity index (χ1) is 16.8. The Morgan fingerprint density at radius 2 is 1.74 bits per heavy atom. The van der Waals surface area contributed by atoms with Gasteiger partial charge in [-0.25, -0.2) is 9.37 Å². The fourth-order valence-corrected chi connectivity index (χ4v) is 4.16. The molecule has 0 aliphatic carbocycles. The van der Waals surface area contributed by atoms with E-state index in [2.05, 4.69) is 15.6 Å². The monoisotopic (exact) mass is 496 g/mol. The standard InChI is InChI=1S/C26H29FN4O3S/c1-18(2)15-31(25(34)20-8-10-21(27)11-9-20)16-24(33)30-26-29-22(17-35-26)14-23(32)28-13-12-19-6-4-3-5-7-19/h3-11,17-18H,12-16H2,1-2H3,(H,28,32)(H,29,30,33). The molecule has 0 radical (unpaired) electrons. The summed E-state index contributed by atoms with van der Waals surface area (Å²) in [6, 6.07) is 15.1. The summed E-state index contributed by atoms with van der Waals surface area (Å²) in [5.74, 6) is -1.18. The summed E-state index contributed by atoms with van der Waals surface area (Å²) in [7, 11) is 0. The lowest BCUT2D eigenvalue weighted by Gasteiger charge is -2.24. The maximum Gasteiger partial charge on any atom is 0.254 e. The molecule has 184 valence electrons. The molecule has 0 saturated carbocycles. The molecule has 1 heterocycles. The first-order valence-corrected chi connectivity index (χ1v) is 12.3. The highest BCUT2D eigenvalue weighted by molar-refractivity contribution is 7.13. The van der Waals surface area contributed by atoms with Gasteiger partial charge in [0.2, 0.25) is 11.8 Å². The second kappa shape index (κ2) is 12.8. The first-order valence-electron chi connectivity index (χ1n) is 11.4. The molecule has 0 atom stereocenters. The van der Waals surface area contributed by atoms with Crippen molar-refractivity contribution in [3.63, 3.8) is 0 Å². The van der Waals surface area contributed by atoms with E-state index in [-0.39, 0.29) is 30.7 Å². The Bertz CT molecular complexity index is 1130. The summed E-state index contributed by atoms with van der Waals surface area (Å²) in [5.41, 5.74) is 2.02. The maximum absolute atomic E-state index is 13.2. The van der Waals surface area contributed by atoms with Gasteiger partial charge in [-0.3, -0.25) is 14.4 Å². The van der Waals surface area contributed by atoms with Crippen molar-refractivity contribution in [2.45, 2.75) is 26.7 Å². The number of rotatable bonds is 11. The predicted octanol–water partition coefficient (Wildman–Crippen LogP) is 3.92. The van der Waals surface area contributed by atoms with E-state index in [9.17, 15) is 18.8 Å². The molecule has 35 heavy (non-hydrogen) atoms. The van der Waals surface area contributed by atoms with E-state index in [1.54, 1.807) is 5.38 Å². The van der Waals surface area contributed by atoms with Crippen molar-refractivity contribution in [2.24, 2.45) is 5.92 Å². The lowest BCUT2D eigenvalue weighted by Crippen LogP contribution is -2.40. The van der Waals surface area contributed by atoms with Gasteiger partial charge in [-0.15, -0.1) is 11.3 Å². The van der Waals surface area contributed by atoms with Crippen molar-refractivity contribution in [1.82, 2.24) is 15.2 Å². The zero-order valence-corrected chi connectivity index (χ0v) is 20.6. The summed E-state index contributed by atoms with van der Waals surface area (Å²) in [6.07, 6.45) is 0.859. The number of benzene rings is 2. The molecule has 3 rings (SSSR count). The lowest BCUT2D eigenvalue weighted by molar-refractivity contribution is -0.120. The highest BCUT2D eigenvalue weighted by Crippen LogP contribution is 2.16. The van der Waals surface area contributed by atoms with Gasteiger partial charge in [0.1, 0.15) is 12.4 Å². The van der Waals surface area contributed by atoms with Gasteiger partial charge in [-0.05, 0) is 42.2 Å². The third-order valence-corrected chi connectivity index (χ3v) is 5.82. The minimum Gasteiger partial charge on any atom is -0.355 e. The highest BCUT2D eigenvalue weighted by atomic mass is 32.1. The van der Waals surface area contributed by atoms with Crippen molar-refractivity contribution in [3.8, 4) is 0 Å². The third kappa shape index (κ3) is 8.60. The van der Waals surface area contributed by atoms with Crippen LogP contribution >= 0.6 is 11.3 Å². The van der Waals surface area contributed by atoms with Gasteiger partial charge in [0, 0.05) is 24.0 Å². The molecule has 0 unspecified atom stereocenters. The molecule has 1 aromatic heterocycles. The summed E-state index contributed by atoms with van der Waals surface area (Å²) in [4.78, 5) is 43.4. The third-order valence-electron chi connectivity index (χ3n) is 5.02. The summed E-state index contributed by atoms with van der Waals surface area (Å²) in [5, 5.41) is 7.66. The van der Waals surface area contributed by atoms with Crippen molar-refractivity contribution >= 4 is 34.2 Å². The molecule has 0 spiro atoms. The molecule has 7 nitrogen and oxygen atoms in total. The number of hydrogen-bond donors (Lipinski definition) is 2. The SMILES string of the molecule is CC(C)CN(CC(=O)Nc1nc(CC(=O)NCCc2ccccc2)cs1)C(=O)c1ccc(F)cc1. The summed E-state index contributed by atoms with van der Waals surface area (Å²) >= 11 is 1.22. The van der Waals surface area contributed by atoms with Gasteiger partial charge in [-0.2, -0.15) is 0 Å². The number of nitrogens with zero attached hydrogens (tertiary/aromatic N) is 2. The molecule has 2 N–H and O–H groups in total. The van der Waals surface area contributed by atoms with Crippen LogP contribution in [0.3, 0.4) is 0 Å². The van der Waals surface area contributed by atoms with Crippen molar-refractivity contribution in [1.29, 1.82) is 0 Å². The van der Waals surface area contributed by atoms with E-state index in [0.717, 1.165) is 12.0 Å². The quantitative estimate of drug-likeness (QED) is 0.421. The first kappa shape index (κ1) is 26.0. The van der Waals surface area contributed by atoms with Gasteiger partial charge in [-0.1, -0.05) is 44.2 Å². The molecule has 3 aromatic rings. The van der Waals surface area contributed by atoms with Gasteiger partial charge in [0.25, 0.3) is 5.91 Å². The van der Waals surface area contributed by atoms with Crippen LogP contribution in [0.5, 0.6) is 0 Å². The molecule has 9 heteroatoms. The fraction of sp³-hybridized carbons (Fsp3) is 0.308. The number of anilines is 1. The van der Waals surface area contributed by atoms with Crippen LogP contribution in [-0.2, 0) is 22.4 Å². The van der Waals surface area contributed by atoms with E-state index in [4.69, 9.17) is 0 Å². The molecule has 0 saturated heterocycles. The number of amides is 3. The zero-order valence-electron chi connectivity index (χ0n) is 19.8. The number of thiazole rings is 1. The van der Waals surface area contributed by atoms with E-state index in [1.807, 2.05) is 44.2 Å². The molecular weight excluding hydrogens is 467 g/mol. The smallest absolute Gasteiger partial charge is 0.254 e. The molecule has 2 aromatic carbocycles. The molecular formula is C26H29FN4O3S. The van der Waals surface area contributed by atoms with Crippen LogP contribution in [0.1, 0.15) is 35.5 Å². The van der Waals surface area contributed by atoms with E-state index in [0.29, 0.717) is 29.5 Å². The predicted molar refractivity (Wildman–Crippen MR) is 135 cm³/mol. The second-order valence-corrected chi connectivity index (χ2v) is 9.40. The minimum absolute atomic E-state index is 0.115. The number of aromatic nitrogens is 1. The van der Waals surface area contributed by atoms with Crippen molar-refractivity contribution in [2.75, 3.05) is 25.0 Å². The summed E-state index contributed by atoms with van der Waals surface area (Å²) < 4.78 is 13.2. The van der Waals surface area contributed by atoms with Crippen molar-refractivity contribution < 1.29 is 18.8 Å². The van der Waals surface area contributed by atoms with Crippen LogP contribution in [0.4, 0.5) is 9.52 Å². The number of carbonyl (C=O) groups excluding carboxylic acids is 3. The van der Waals surface area contributed by atoms with Crippen LogP contribution in [0.25, 0.3) is 0 Å². The Morgan fingerprint density at radius 3 is 2.43 bits per heavy atom. The highest BCUT2D eigenvalue weighted by Gasteiger charge is 2.21. The average molecular weight is 497 g/mol. The Hall–Kier alpha value is -3.59. The minimum atomic E-state index is -0.431. The molecule has 0 bridgehead atoms. The Kier molecular flexibility index (Phi) is 9.48. The second-order valence-electron chi connectivity index (χ2n) is 8.54. The van der Waals surface area contributed by atoms with Crippen LogP contribution in [0.2, 0.25) is 0 Å². The van der Waals surface area contributed by atoms with E-state index in [1.165, 1.54) is 40.5 Å². The van der Waals surface area contributed by atoms with E-state index < -0.39 is 11.7 Å². The average Bonchev–Trinajstić information content (AvgIpc) is 3.25. The Balaban J connectivity index is 1.50. The summed E-state index contributed by atoms with van der Waals surface area (Å²) in [6.45, 7) is 4.63. The van der Waals surface area contributed by atoms with Gasteiger partial charge in [0.15, 0.2) is 5.13 Å². The van der Waals surface area contributed by atoms with Crippen molar-refractivity contribution in [3.05, 3.63) is 82.6 Å². The van der Waals surface area contributed by atoms with Crippen LogP contribution in [-0.4, -0.2) is 47.2 Å². The molecule has 3 amide bonds. The molecule has 0 aliphatic heterocycles. The van der Waals surface area contributed by atoms with Gasteiger partial charge >= 0.3 is 0 Å². The normalized spacial score (nSPS) is 10.7. The zero-order chi connectivity index (χ0) is 25.2. The Morgan fingerprint density at radius 1 is 1.03 bits per heavy atom. The number of halogens is 1. The number of nitrogens with one attached hydrogen (secondary N) is 2. The van der Waals surface area contributed by atoms with Crippen LogP contribution < -0.4 is 10.6 Å². The van der Waals surface area contributed by atoms with Gasteiger partial charge < -0.3 is 15.5 Å². The molecule has 0 fully saturated rings. The maximum atomic E-state index is 13.2.